The molecule has 0 aliphatic carbocycles. The van der Waals surface area contributed by atoms with Gasteiger partial charge in [-0.05, 0) is 24.5 Å². The lowest BCUT2D eigenvalue weighted by molar-refractivity contribution is 0.0603. The first-order chi connectivity index (χ1) is 9.69. The number of carbonyl (C=O) groups excluding carboxylic acids is 1. The third-order valence-electron chi connectivity index (χ3n) is 2.66. The predicted octanol–water partition coefficient (Wildman–Crippen LogP) is 2.38. The van der Waals surface area contributed by atoms with Crippen molar-refractivity contribution in [1.82, 2.24) is 10.3 Å². The number of hydrogen-bond donors (Lipinski definition) is 2. The minimum absolute atomic E-state index is 0.386. The number of H-pyrrole nitrogens is 1. The van der Waals surface area contributed by atoms with Crippen LogP contribution >= 0.6 is 11.8 Å². The molecule has 0 radical (unpaired) electrons. The lowest BCUT2D eigenvalue weighted by Gasteiger charge is -2.01. The van der Waals surface area contributed by atoms with E-state index in [0.29, 0.717) is 16.4 Å². The van der Waals surface area contributed by atoms with Gasteiger partial charge in [0, 0.05) is 17.1 Å². The number of hydrogen-bond acceptors (Lipinski definition) is 5. The van der Waals surface area contributed by atoms with E-state index < -0.39 is 0 Å². The van der Waals surface area contributed by atoms with Crippen molar-refractivity contribution in [1.29, 1.82) is 5.26 Å². The SMILES string of the molecule is COC(=O)c1c[nH]c2cc(N=C(NC#N)SC)ccc12. The van der Waals surface area contributed by atoms with Gasteiger partial charge in [-0.25, -0.2) is 9.79 Å². The molecule has 0 aliphatic heterocycles. The molecule has 0 unspecified atom stereocenters. The summed E-state index contributed by atoms with van der Waals surface area (Å²) in [6, 6.07) is 5.37. The number of nitrogens with zero attached hydrogens (tertiary/aromatic N) is 2. The fourth-order valence-electron chi connectivity index (χ4n) is 1.75. The van der Waals surface area contributed by atoms with Crippen LogP contribution < -0.4 is 5.32 Å². The molecule has 2 rings (SSSR count). The first kappa shape index (κ1) is 14.0. The van der Waals surface area contributed by atoms with E-state index in [4.69, 9.17) is 10.00 Å². The Morgan fingerprint density at radius 3 is 3.00 bits per heavy atom. The molecule has 0 fully saturated rings. The van der Waals surface area contributed by atoms with E-state index in [1.807, 2.05) is 12.4 Å². The molecular weight excluding hydrogens is 276 g/mol. The average molecular weight is 288 g/mol. The van der Waals surface area contributed by atoms with Gasteiger partial charge in [0.15, 0.2) is 11.4 Å². The standard InChI is InChI=1S/C13H12N4O2S/c1-19-12(18)10-6-15-11-5-8(3-4-9(10)11)17-13(20-2)16-7-14/h3-6,15H,1-2H3,(H,16,17). The Kier molecular flexibility index (Phi) is 4.27. The summed E-state index contributed by atoms with van der Waals surface area (Å²) in [7, 11) is 1.35. The molecule has 0 spiro atoms. The molecule has 20 heavy (non-hydrogen) atoms. The highest BCUT2D eigenvalue weighted by Crippen LogP contribution is 2.24. The summed E-state index contributed by atoms with van der Waals surface area (Å²) >= 11 is 1.34. The van der Waals surface area contributed by atoms with Crippen LogP contribution in [-0.4, -0.2) is 29.5 Å². The number of rotatable bonds is 2. The van der Waals surface area contributed by atoms with Crippen molar-refractivity contribution >= 4 is 39.5 Å². The Morgan fingerprint density at radius 2 is 2.35 bits per heavy atom. The Labute approximate surface area is 119 Å². The summed E-state index contributed by atoms with van der Waals surface area (Å²) in [4.78, 5) is 18.9. The molecule has 6 nitrogen and oxygen atoms in total. The number of nitriles is 1. The number of benzene rings is 1. The van der Waals surface area contributed by atoms with Crippen molar-refractivity contribution < 1.29 is 9.53 Å². The van der Waals surface area contributed by atoms with Crippen LogP contribution in [0.1, 0.15) is 10.4 Å². The smallest absolute Gasteiger partial charge is 0.340 e. The van der Waals surface area contributed by atoms with Gasteiger partial charge in [0.05, 0.1) is 18.4 Å². The molecule has 0 atom stereocenters. The number of amidine groups is 1. The molecule has 0 saturated heterocycles. The normalized spacial score (nSPS) is 11.2. The number of aromatic amines is 1. The maximum absolute atomic E-state index is 11.6. The largest absolute Gasteiger partial charge is 0.465 e. The minimum atomic E-state index is -0.386. The summed E-state index contributed by atoms with van der Waals surface area (Å²) in [6.45, 7) is 0. The zero-order valence-electron chi connectivity index (χ0n) is 10.9. The van der Waals surface area contributed by atoms with Gasteiger partial charge in [-0.15, -0.1) is 0 Å². The fourth-order valence-corrected chi connectivity index (χ4v) is 2.10. The monoisotopic (exact) mass is 288 g/mol. The van der Waals surface area contributed by atoms with E-state index >= 15 is 0 Å². The van der Waals surface area contributed by atoms with Crippen LogP contribution in [0.4, 0.5) is 5.69 Å². The Balaban J connectivity index is 2.41. The van der Waals surface area contributed by atoms with Crippen molar-refractivity contribution in [3.63, 3.8) is 0 Å². The Bertz CT molecular complexity index is 715. The lowest BCUT2D eigenvalue weighted by Crippen LogP contribution is -2.12. The molecular formula is C13H12N4O2S. The molecule has 1 aromatic carbocycles. The number of thioether (sulfide) groups is 1. The van der Waals surface area contributed by atoms with E-state index in [9.17, 15) is 4.79 Å². The van der Waals surface area contributed by atoms with E-state index in [2.05, 4.69) is 15.3 Å². The molecule has 0 aliphatic rings. The molecule has 0 saturated carbocycles. The Hall–Kier alpha value is -2.46. The van der Waals surface area contributed by atoms with Crippen LogP contribution in [0.3, 0.4) is 0 Å². The van der Waals surface area contributed by atoms with Gasteiger partial charge in [0.25, 0.3) is 0 Å². The topological polar surface area (TPSA) is 90.3 Å². The maximum atomic E-state index is 11.6. The third kappa shape index (κ3) is 2.75. The zero-order chi connectivity index (χ0) is 14.5. The number of esters is 1. The minimum Gasteiger partial charge on any atom is -0.465 e. The first-order valence-electron chi connectivity index (χ1n) is 5.67. The molecule has 0 bridgehead atoms. The van der Waals surface area contributed by atoms with Gasteiger partial charge in [0.1, 0.15) is 0 Å². The summed E-state index contributed by atoms with van der Waals surface area (Å²) in [6.07, 6.45) is 5.26. The molecule has 2 N–H and O–H groups in total. The van der Waals surface area contributed by atoms with E-state index in [-0.39, 0.29) is 5.97 Å². The van der Waals surface area contributed by atoms with Crippen LogP contribution in [-0.2, 0) is 4.74 Å². The highest BCUT2D eigenvalue weighted by atomic mass is 32.2. The summed E-state index contributed by atoms with van der Waals surface area (Å²) in [5.74, 6) is -0.386. The van der Waals surface area contributed by atoms with Crippen molar-refractivity contribution in [3.05, 3.63) is 30.0 Å². The summed E-state index contributed by atoms with van der Waals surface area (Å²) < 4.78 is 4.71. The van der Waals surface area contributed by atoms with Gasteiger partial charge in [-0.3, -0.25) is 5.32 Å². The van der Waals surface area contributed by atoms with Crippen molar-refractivity contribution in [2.24, 2.45) is 4.99 Å². The van der Waals surface area contributed by atoms with Crippen LogP contribution in [0.15, 0.2) is 29.4 Å². The van der Waals surface area contributed by atoms with Crippen LogP contribution in [0, 0.1) is 11.5 Å². The first-order valence-corrected chi connectivity index (χ1v) is 6.89. The van der Waals surface area contributed by atoms with Crippen LogP contribution in [0.25, 0.3) is 10.9 Å². The number of carbonyl (C=O) groups is 1. The van der Waals surface area contributed by atoms with E-state index in [1.165, 1.54) is 18.9 Å². The molecule has 102 valence electrons. The van der Waals surface area contributed by atoms with E-state index in [1.54, 1.807) is 24.4 Å². The van der Waals surface area contributed by atoms with Crippen molar-refractivity contribution in [2.75, 3.05) is 13.4 Å². The highest BCUT2D eigenvalue weighted by molar-refractivity contribution is 8.13. The van der Waals surface area contributed by atoms with E-state index in [0.717, 1.165) is 10.9 Å². The molecule has 0 amide bonds. The number of aliphatic imine (C=N–C) groups is 1. The van der Waals surface area contributed by atoms with Gasteiger partial charge in [-0.2, -0.15) is 5.26 Å². The summed E-state index contributed by atoms with van der Waals surface area (Å²) in [5.41, 5.74) is 1.95. The number of nitrogens with one attached hydrogen (secondary N) is 2. The average Bonchev–Trinajstić information content (AvgIpc) is 2.89. The second-order valence-electron chi connectivity index (χ2n) is 3.78. The predicted molar refractivity (Wildman–Crippen MR) is 79.0 cm³/mol. The van der Waals surface area contributed by atoms with Gasteiger partial charge >= 0.3 is 5.97 Å². The van der Waals surface area contributed by atoms with Gasteiger partial charge in [-0.1, -0.05) is 11.8 Å². The number of fused-ring (bicyclic) bond motifs is 1. The van der Waals surface area contributed by atoms with Crippen molar-refractivity contribution in [2.45, 2.75) is 0 Å². The fraction of sp³-hybridized carbons (Fsp3) is 0.154. The molecule has 1 heterocycles. The number of aromatic nitrogens is 1. The molecule has 1 aromatic heterocycles. The van der Waals surface area contributed by atoms with Gasteiger partial charge < -0.3 is 9.72 Å². The molecule has 2 aromatic rings. The maximum Gasteiger partial charge on any atom is 0.340 e. The Morgan fingerprint density at radius 1 is 1.55 bits per heavy atom. The second kappa shape index (κ2) is 6.12. The molecule has 7 heteroatoms. The number of ether oxygens (including phenoxy) is 1. The third-order valence-corrected chi connectivity index (χ3v) is 3.24. The summed E-state index contributed by atoms with van der Waals surface area (Å²) in [5, 5.41) is 12.4. The van der Waals surface area contributed by atoms with Crippen LogP contribution in [0.5, 0.6) is 0 Å². The van der Waals surface area contributed by atoms with Crippen molar-refractivity contribution in [3.8, 4) is 6.19 Å². The quantitative estimate of drug-likeness (QED) is 0.291. The number of methoxy groups -OCH3 is 1. The van der Waals surface area contributed by atoms with Gasteiger partial charge in [0.2, 0.25) is 0 Å². The van der Waals surface area contributed by atoms with Crippen LogP contribution in [0.2, 0.25) is 0 Å². The second-order valence-corrected chi connectivity index (χ2v) is 4.58. The highest BCUT2D eigenvalue weighted by Gasteiger charge is 2.12. The zero-order valence-corrected chi connectivity index (χ0v) is 11.7. The lowest BCUT2D eigenvalue weighted by atomic mass is 10.1.